The molecule has 0 radical (unpaired) electrons. The Morgan fingerprint density at radius 2 is 2.05 bits per heavy atom. The van der Waals surface area contributed by atoms with Crippen molar-refractivity contribution in [3.05, 3.63) is 51.7 Å². The number of hydrogen-bond acceptors (Lipinski definition) is 4. The van der Waals surface area contributed by atoms with Gasteiger partial charge in [0.1, 0.15) is 5.75 Å². The summed E-state index contributed by atoms with van der Waals surface area (Å²) < 4.78 is 0. The quantitative estimate of drug-likeness (QED) is 0.758. The van der Waals surface area contributed by atoms with E-state index in [1.54, 1.807) is 18.2 Å². The molecule has 108 valence electrons. The molecule has 0 atom stereocenters. The fourth-order valence-electron chi connectivity index (χ4n) is 1.67. The predicted molar refractivity (Wildman–Crippen MR) is 82.2 cm³/mol. The van der Waals surface area contributed by atoms with E-state index in [1.165, 1.54) is 17.4 Å². The number of amides is 1. The Hall–Kier alpha value is -2.29. The van der Waals surface area contributed by atoms with Gasteiger partial charge in [0.25, 0.3) is 5.91 Å². The lowest BCUT2D eigenvalue weighted by molar-refractivity contribution is 0.0948. The van der Waals surface area contributed by atoms with E-state index in [0.29, 0.717) is 13.0 Å². The summed E-state index contributed by atoms with van der Waals surface area (Å²) in [6.45, 7) is 0.446. The van der Waals surface area contributed by atoms with Crippen LogP contribution < -0.4 is 5.32 Å². The zero-order valence-corrected chi connectivity index (χ0v) is 12.1. The van der Waals surface area contributed by atoms with E-state index in [-0.39, 0.29) is 23.8 Å². The minimum Gasteiger partial charge on any atom is -0.507 e. The van der Waals surface area contributed by atoms with Crippen LogP contribution in [0, 0.1) is 11.8 Å². The third kappa shape index (κ3) is 4.35. The van der Waals surface area contributed by atoms with Crippen molar-refractivity contribution in [2.45, 2.75) is 13.0 Å². The van der Waals surface area contributed by atoms with Gasteiger partial charge in [0, 0.05) is 11.3 Å². The van der Waals surface area contributed by atoms with E-state index >= 15 is 0 Å². The lowest BCUT2D eigenvalue weighted by atomic mass is 10.2. The summed E-state index contributed by atoms with van der Waals surface area (Å²) in [5.41, 5.74) is 0.261. The Morgan fingerprint density at radius 1 is 1.24 bits per heavy atom. The van der Waals surface area contributed by atoms with Crippen LogP contribution in [0.5, 0.6) is 5.75 Å². The van der Waals surface area contributed by atoms with Gasteiger partial charge in [0.15, 0.2) is 0 Å². The SMILES string of the molecule is O=C(NCc1ccc(C#CCCO)s1)c1ccccc1O. The van der Waals surface area contributed by atoms with Crippen molar-refractivity contribution in [3.63, 3.8) is 0 Å². The maximum absolute atomic E-state index is 11.9. The molecule has 0 saturated heterocycles. The Balaban J connectivity index is 1.93. The summed E-state index contributed by atoms with van der Waals surface area (Å²) in [5, 5.41) is 21.0. The molecular weight excluding hydrogens is 286 g/mol. The Bertz CT molecular complexity index is 682. The van der Waals surface area contributed by atoms with Gasteiger partial charge in [0.05, 0.1) is 23.6 Å². The standard InChI is InChI=1S/C16H15NO3S/c18-10-4-3-5-12-8-9-13(21-12)11-17-16(20)14-6-1-2-7-15(14)19/h1-2,6-9,18-19H,4,10-11H2,(H,17,20). The van der Waals surface area contributed by atoms with Crippen molar-refractivity contribution in [1.29, 1.82) is 0 Å². The summed E-state index contributed by atoms with van der Waals surface area (Å²) in [7, 11) is 0. The van der Waals surface area contributed by atoms with Crippen molar-refractivity contribution >= 4 is 17.2 Å². The Labute approximate surface area is 127 Å². The number of para-hydroxylation sites is 1. The zero-order chi connectivity index (χ0) is 15.1. The molecule has 3 N–H and O–H groups in total. The molecule has 1 heterocycles. The van der Waals surface area contributed by atoms with Crippen LogP contribution >= 0.6 is 11.3 Å². The third-order valence-corrected chi connectivity index (χ3v) is 3.68. The molecule has 0 aliphatic rings. The minimum atomic E-state index is -0.311. The number of aliphatic hydroxyl groups is 1. The number of hydrogen-bond donors (Lipinski definition) is 3. The van der Waals surface area contributed by atoms with Crippen LogP contribution in [0.15, 0.2) is 36.4 Å². The molecule has 0 aliphatic heterocycles. The van der Waals surface area contributed by atoms with Gasteiger partial charge in [-0.2, -0.15) is 0 Å². The highest BCUT2D eigenvalue weighted by Crippen LogP contribution is 2.17. The molecule has 0 bridgehead atoms. The number of benzene rings is 1. The number of aromatic hydroxyl groups is 1. The van der Waals surface area contributed by atoms with Crippen LogP contribution in [-0.4, -0.2) is 22.7 Å². The highest BCUT2D eigenvalue weighted by molar-refractivity contribution is 7.12. The number of phenolic OH excluding ortho intramolecular Hbond substituents is 1. The van der Waals surface area contributed by atoms with E-state index in [2.05, 4.69) is 17.2 Å². The molecule has 0 saturated carbocycles. The average Bonchev–Trinajstić information content (AvgIpc) is 2.93. The maximum Gasteiger partial charge on any atom is 0.255 e. The lowest BCUT2D eigenvalue weighted by Gasteiger charge is -2.05. The van der Waals surface area contributed by atoms with Gasteiger partial charge < -0.3 is 15.5 Å². The van der Waals surface area contributed by atoms with Gasteiger partial charge in [-0.1, -0.05) is 24.0 Å². The maximum atomic E-state index is 11.9. The summed E-state index contributed by atoms with van der Waals surface area (Å²) >= 11 is 1.49. The highest BCUT2D eigenvalue weighted by atomic mass is 32.1. The Morgan fingerprint density at radius 3 is 2.81 bits per heavy atom. The van der Waals surface area contributed by atoms with Gasteiger partial charge in [0.2, 0.25) is 0 Å². The topological polar surface area (TPSA) is 69.6 Å². The number of phenols is 1. The molecule has 0 fully saturated rings. The first-order chi connectivity index (χ1) is 10.2. The molecule has 5 heteroatoms. The number of rotatable bonds is 4. The third-order valence-electron chi connectivity index (χ3n) is 2.68. The predicted octanol–water partition coefficient (Wildman–Crippen LogP) is 2.12. The summed E-state index contributed by atoms with van der Waals surface area (Å²) in [6, 6.07) is 10.2. The van der Waals surface area contributed by atoms with Crippen molar-refractivity contribution < 1.29 is 15.0 Å². The highest BCUT2D eigenvalue weighted by Gasteiger charge is 2.09. The second-order valence-electron chi connectivity index (χ2n) is 4.24. The first-order valence-electron chi connectivity index (χ1n) is 6.45. The summed E-state index contributed by atoms with van der Waals surface area (Å²) in [6.07, 6.45) is 0.456. The molecule has 0 unspecified atom stereocenters. The molecule has 2 rings (SSSR count). The van der Waals surface area contributed by atoms with Crippen LogP contribution in [0.3, 0.4) is 0 Å². The second kappa shape index (κ2) is 7.48. The first kappa shape index (κ1) is 15.1. The first-order valence-corrected chi connectivity index (χ1v) is 7.27. The van der Waals surface area contributed by atoms with Crippen LogP contribution in [0.25, 0.3) is 0 Å². The molecule has 4 nitrogen and oxygen atoms in total. The fraction of sp³-hybridized carbons (Fsp3) is 0.188. The van der Waals surface area contributed by atoms with Gasteiger partial charge in [-0.15, -0.1) is 11.3 Å². The second-order valence-corrected chi connectivity index (χ2v) is 5.41. The summed E-state index contributed by atoms with van der Waals surface area (Å²) in [4.78, 5) is 13.8. The van der Waals surface area contributed by atoms with Crippen LogP contribution in [0.1, 0.15) is 26.5 Å². The number of carbonyl (C=O) groups is 1. The van der Waals surface area contributed by atoms with Gasteiger partial charge in [-0.25, -0.2) is 0 Å². The summed E-state index contributed by atoms with van der Waals surface area (Å²) in [5.74, 6) is 5.46. The average molecular weight is 301 g/mol. The molecular formula is C16H15NO3S. The van der Waals surface area contributed by atoms with Gasteiger partial charge >= 0.3 is 0 Å². The number of aliphatic hydroxyl groups excluding tert-OH is 1. The molecule has 21 heavy (non-hydrogen) atoms. The molecule has 2 aromatic rings. The molecule has 1 aromatic carbocycles. The van der Waals surface area contributed by atoms with E-state index in [0.717, 1.165) is 9.75 Å². The number of nitrogens with one attached hydrogen (secondary N) is 1. The van der Waals surface area contributed by atoms with Gasteiger partial charge in [-0.05, 0) is 24.3 Å². The van der Waals surface area contributed by atoms with Crippen molar-refractivity contribution in [2.24, 2.45) is 0 Å². The van der Waals surface area contributed by atoms with Crippen molar-refractivity contribution in [3.8, 4) is 17.6 Å². The largest absolute Gasteiger partial charge is 0.507 e. The Kier molecular flexibility index (Phi) is 5.38. The molecule has 1 aromatic heterocycles. The molecule has 0 aliphatic carbocycles. The number of carbonyl (C=O) groups excluding carboxylic acids is 1. The number of thiophene rings is 1. The van der Waals surface area contributed by atoms with Crippen LogP contribution in [-0.2, 0) is 6.54 Å². The van der Waals surface area contributed by atoms with E-state index in [9.17, 15) is 9.90 Å². The van der Waals surface area contributed by atoms with Crippen LogP contribution in [0.2, 0.25) is 0 Å². The van der Waals surface area contributed by atoms with Crippen LogP contribution in [0.4, 0.5) is 0 Å². The van der Waals surface area contributed by atoms with E-state index < -0.39 is 0 Å². The van der Waals surface area contributed by atoms with Crippen molar-refractivity contribution in [2.75, 3.05) is 6.61 Å². The molecule has 1 amide bonds. The van der Waals surface area contributed by atoms with E-state index in [4.69, 9.17) is 5.11 Å². The fourth-order valence-corrected chi connectivity index (χ4v) is 2.50. The zero-order valence-electron chi connectivity index (χ0n) is 11.3. The van der Waals surface area contributed by atoms with Gasteiger partial charge in [-0.3, -0.25) is 4.79 Å². The van der Waals surface area contributed by atoms with Crippen molar-refractivity contribution in [1.82, 2.24) is 5.32 Å². The minimum absolute atomic E-state index is 0.0308. The molecule has 0 spiro atoms. The monoisotopic (exact) mass is 301 g/mol. The normalized spacial score (nSPS) is 9.76. The smallest absolute Gasteiger partial charge is 0.255 e. The van der Waals surface area contributed by atoms with E-state index in [1.807, 2.05) is 12.1 Å². The lowest BCUT2D eigenvalue weighted by Crippen LogP contribution is -2.22.